The van der Waals surface area contributed by atoms with Crippen molar-refractivity contribution in [3.63, 3.8) is 0 Å². The third-order valence-corrected chi connectivity index (χ3v) is 5.43. The van der Waals surface area contributed by atoms with Crippen molar-refractivity contribution in [1.82, 2.24) is 14.9 Å². The highest BCUT2D eigenvalue weighted by Gasteiger charge is 2.21. The van der Waals surface area contributed by atoms with Gasteiger partial charge in [-0.05, 0) is 42.7 Å². The van der Waals surface area contributed by atoms with Gasteiger partial charge >= 0.3 is 0 Å². The summed E-state index contributed by atoms with van der Waals surface area (Å²) in [5.74, 6) is 0.218. The largest absolute Gasteiger partial charge is 0.368 e. The molecule has 1 aromatic carbocycles. The van der Waals surface area contributed by atoms with Crippen LogP contribution in [0.25, 0.3) is 10.9 Å². The van der Waals surface area contributed by atoms with E-state index in [4.69, 9.17) is 5.26 Å². The van der Waals surface area contributed by atoms with Gasteiger partial charge in [0, 0.05) is 56.1 Å². The summed E-state index contributed by atoms with van der Waals surface area (Å²) in [6, 6.07) is 16.0. The standard InChI is InChI=1S/C23H23N5O/c24-17-19-16-20(9-11-25-19)27-12-14-28(15-13-27)23(29)8-2-5-18-4-1-7-22-21(18)6-3-10-26-22/h1,3-4,6-7,9-11,16H,2,5,8,12-15H2. The van der Waals surface area contributed by atoms with Gasteiger partial charge in [-0.1, -0.05) is 18.2 Å². The molecule has 6 heteroatoms. The van der Waals surface area contributed by atoms with Gasteiger partial charge in [0.25, 0.3) is 0 Å². The van der Waals surface area contributed by atoms with Gasteiger partial charge in [-0.3, -0.25) is 9.78 Å². The number of hydrogen-bond acceptors (Lipinski definition) is 5. The fourth-order valence-electron chi connectivity index (χ4n) is 3.86. The molecule has 0 saturated carbocycles. The lowest BCUT2D eigenvalue weighted by Gasteiger charge is -2.36. The quantitative estimate of drug-likeness (QED) is 0.674. The van der Waals surface area contributed by atoms with Crippen molar-refractivity contribution in [2.45, 2.75) is 19.3 Å². The van der Waals surface area contributed by atoms with E-state index >= 15 is 0 Å². The molecule has 1 fully saturated rings. The number of benzene rings is 1. The maximum absolute atomic E-state index is 12.6. The number of aryl methyl sites for hydroxylation is 1. The van der Waals surface area contributed by atoms with E-state index in [0.29, 0.717) is 25.2 Å². The van der Waals surface area contributed by atoms with E-state index in [0.717, 1.165) is 37.1 Å². The Morgan fingerprint density at radius 3 is 2.72 bits per heavy atom. The molecule has 146 valence electrons. The van der Waals surface area contributed by atoms with Crippen molar-refractivity contribution in [3.05, 3.63) is 66.1 Å². The first-order valence-electron chi connectivity index (χ1n) is 9.96. The van der Waals surface area contributed by atoms with Crippen LogP contribution in [-0.2, 0) is 11.2 Å². The number of pyridine rings is 2. The molecule has 3 heterocycles. The maximum atomic E-state index is 12.6. The molecular formula is C23H23N5O. The molecule has 0 N–H and O–H groups in total. The smallest absolute Gasteiger partial charge is 0.222 e. The van der Waals surface area contributed by atoms with Crippen molar-refractivity contribution in [1.29, 1.82) is 5.26 Å². The molecule has 1 amide bonds. The molecule has 2 aromatic heterocycles. The lowest BCUT2D eigenvalue weighted by Crippen LogP contribution is -2.48. The van der Waals surface area contributed by atoms with Gasteiger partial charge in [-0.2, -0.15) is 5.26 Å². The monoisotopic (exact) mass is 385 g/mol. The second kappa shape index (κ2) is 8.70. The normalized spacial score (nSPS) is 14.0. The zero-order chi connectivity index (χ0) is 20.1. The van der Waals surface area contributed by atoms with Crippen LogP contribution in [-0.4, -0.2) is 47.0 Å². The fraction of sp³-hybridized carbons (Fsp3) is 0.304. The summed E-state index contributed by atoms with van der Waals surface area (Å²) in [7, 11) is 0. The van der Waals surface area contributed by atoms with Crippen molar-refractivity contribution < 1.29 is 4.79 Å². The molecule has 1 aliphatic rings. The van der Waals surface area contributed by atoms with Gasteiger partial charge in [0.15, 0.2) is 0 Å². The molecule has 0 radical (unpaired) electrons. The first kappa shape index (κ1) is 18.9. The van der Waals surface area contributed by atoms with Crippen LogP contribution in [0.4, 0.5) is 5.69 Å². The summed E-state index contributed by atoms with van der Waals surface area (Å²) in [6.07, 6.45) is 5.74. The average molecular weight is 385 g/mol. The molecule has 3 aromatic rings. The van der Waals surface area contributed by atoms with Crippen molar-refractivity contribution in [3.8, 4) is 6.07 Å². The van der Waals surface area contributed by atoms with Gasteiger partial charge in [0.05, 0.1) is 5.52 Å². The molecule has 4 rings (SSSR count). The molecular weight excluding hydrogens is 362 g/mol. The zero-order valence-corrected chi connectivity index (χ0v) is 16.3. The van der Waals surface area contributed by atoms with Gasteiger partial charge in [0.2, 0.25) is 5.91 Å². The molecule has 0 atom stereocenters. The second-order valence-corrected chi connectivity index (χ2v) is 7.22. The molecule has 29 heavy (non-hydrogen) atoms. The summed E-state index contributed by atoms with van der Waals surface area (Å²) in [5.41, 5.74) is 3.67. The van der Waals surface area contributed by atoms with E-state index in [-0.39, 0.29) is 5.91 Å². The van der Waals surface area contributed by atoms with Crippen molar-refractivity contribution in [2.24, 2.45) is 0 Å². The van der Waals surface area contributed by atoms with E-state index in [1.54, 1.807) is 12.3 Å². The van der Waals surface area contributed by atoms with E-state index in [1.165, 1.54) is 10.9 Å². The predicted molar refractivity (Wildman–Crippen MR) is 112 cm³/mol. The number of nitriles is 1. The minimum absolute atomic E-state index is 0.218. The highest BCUT2D eigenvalue weighted by molar-refractivity contribution is 5.82. The lowest BCUT2D eigenvalue weighted by molar-refractivity contribution is -0.131. The van der Waals surface area contributed by atoms with Crippen LogP contribution in [0.5, 0.6) is 0 Å². The Balaban J connectivity index is 1.28. The Morgan fingerprint density at radius 2 is 1.90 bits per heavy atom. The molecule has 0 spiro atoms. The molecule has 1 saturated heterocycles. The summed E-state index contributed by atoms with van der Waals surface area (Å²) < 4.78 is 0. The number of carbonyl (C=O) groups is 1. The molecule has 0 unspecified atom stereocenters. The summed E-state index contributed by atoms with van der Waals surface area (Å²) in [5, 5.41) is 10.2. The zero-order valence-electron chi connectivity index (χ0n) is 16.3. The second-order valence-electron chi connectivity index (χ2n) is 7.22. The maximum Gasteiger partial charge on any atom is 0.222 e. The van der Waals surface area contributed by atoms with E-state index < -0.39 is 0 Å². The van der Waals surface area contributed by atoms with Crippen molar-refractivity contribution in [2.75, 3.05) is 31.1 Å². The minimum atomic E-state index is 0.218. The van der Waals surface area contributed by atoms with Crippen LogP contribution in [0.15, 0.2) is 54.9 Å². The lowest BCUT2D eigenvalue weighted by atomic mass is 10.0. The highest BCUT2D eigenvalue weighted by atomic mass is 16.2. The van der Waals surface area contributed by atoms with E-state index in [1.807, 2.05) is 35.4 Å². The fourth-order valence-corrected chi connectivity index (χ4v) is 3.86. The molecule has 0 bridgehead atoms. The third kappa shape index (κ3) is 4.35. The number of rotatable bonds is 5. The number of anilines is 1. The summed E-state index contributed by atoms with van der Waals surface area (Å²) in [6.45, 7) is 2.97. The van der Waals surface area contributed by atoms with E-state index in [2.05, 4.69) is 33.1 Å². The van der Waals surface area contributed by atoms with Gasteiger partial charge in [-0.25, -0.2) is 4.98 Å². The average Bonchev–Trinajstić information content (AvgIpc) is 2.79. The Bertz CT molecular complexity index is 1050. The first-order valence-corrected chi connectivity index (χ1v) is 9.96. The number of hydrogen-bond donors (Lipinski definition) is 0. The summed E-state index contributed by atoms with van der Waals surface area (Å²) >= 11 is 0. The molecule has 1 aliphatic heterocycles. The van der Waals surface area contributed by atoms with E-state index in [9.17, 15) is 4.79 Å². The van der Waals surface area contributed by atoms with Crippen molar-refractivity contribution >= 4 is 22.5 Å². The first-order chi connectivity index (χ1) is 14.2. The number of fused-ring (bicyclic) bond motifs is 1. The van der Waals surface area contributed by atoms with Gasteiger partial charge in [0.1, 0.15) is 11.8 Å². The molecule has 0 aliphatic carbocycles. The SMILES string of the molecule is N#Cc1cc(N2CCN(C(=O)CCCc3cccc4ncccc34)CC2)ccn1. The Hall–Kier alpha value is -3.46. The number of piperazine rings is 1. The van der Waals surface area contributed by atoms with Crippen LogP contribution in [0.2, 0.25) is 0 Å². The Morgan fingerprint density at radius 1 is 1.03 bits per heavy atom. The predicted octanol–water partition coefficient (Wildman–Crippen LogP) is 3.17. The van der Waals surface area contributed by atoms with Crippen LogP contribution in [0, 0.1) is 11.3 Å². The number of nitrogens with zero attached hydrogens (tertiary/aromatic N) is 5. The number of amides is 1. The van der Waals surface area contributed by atoms with Crippen LogP contribution in [0.3, 0.4) is 0 Å². The van der Waals surface area contributed by atoms with Gasteiger partial charge < -0.3 is 9.80 Å². The van der Waals surface area contributed by atoms with Crippen LogP contribution < -0.4 is 4.90 Å². The minimum Gasteiger partial charge on any atom is -0.368 e. The third-order valence-electron chi connectivity index (χ3n) is 5.43. The van der Waals surface area contributed by atoms with Crippen LogP contribution in [0.1, 0.15) is 24.1 Å². The number of aromatic nitrogens is 2. The highest BCUT2D eigenvalue weighted by Crippen LogP contribution is 2.20. The molecule has 6 nitrogen and oxygen atoms in total. The topological polar surface area (TPSA) is 73.1 Å². The van der Waals surface area contributed by atoms with Crippen LogP contribution >= 0.6 is 0 Å². The Labute approximate surface area is 170 Å². The Kier molecular flexibility index (Phi) is 5.66. The summed E-state index contributed by atoms with van der Waals surface area (Å²) in [4.78, 5) is 25.2. The number of carbonyl (C=O) groups excluding carboxylic acids is 1. The van der Waals surface area contributed by atoms with Gasteiger partial charge in [-0.15, -0.1) is 0 Å².